The third-order valence-electron chi connectivity index (χ3n) is 3.06. The highest BCUT2D eigenvalue weighted by Gasteiger charge is 2.28. The van der Waals surface area contributed by atoms with Gasteiger partial charge < -0.3 is 4.11 Å². The average molecular weight is 256 g/mol. The zero-order chi connectivity index (χ0) is 11.7. The van der Waals surface area contributed by atoms with Crippen molar-refractivity contribution in [3.63, 3.8) is 0 Å². The van der Waals surface area contributed by atoms with E-state index in [9.17, 15) is 12.9 Å². The van der Waals surface area contributed by atoms with Crippen molar-refractivity contribution in [3.8, 4) is 0 Å². The zero-order valence-corrected chi connectivity index (χ0v) is 12.3. The second-order valence-electron chi connectivity index (χ2n) is 4.20. The summed E-state index contributed by atoms with van der Waals surface area (Å²) in [5, 5.41) is 0. The lowest BCUT2D eigenvalue weighted by Gasteiger charge is -2.18. The van der Waals surface area contributed by atoms with E-state index < -0.39 is 24.4 Å². The molecule has 0 atom stereocenters. The van der Waals surface area contributed by atoms with Crippen LogP contribution in [0.4, 0.5) is 12.9 Å². The van der Waals surface area contributed by atoms with E-state index in [4.69, 9.17) is 0 Å². The van der Waals surface area contributed by atoms with Gasteiger partial charge in [-0.3, -0.25) is 0 Å². The van der Waals surface area contributed by atoms with Gasteiger partial charge in [0.05, 0.1) is 0 Å². The molecule has 0 aromatic heterocycles. The first-order valence-corrected chi connectivity index (χ1v) is 10.5. The van der Waals surface area contributed by atoms with Crippen molar-refractivity contribution in [2.75, 3.05) is 0 Å². The molecule has 0 saturated heterocycles. The first kappa shape index (κ1) is 15.2. The Hall–Kier alpha value is 0.224. The summed E-state index contributed by atoms with van der Waals surface area (Å²) < 4.78 is 37.6. The van der Waals surface area contributed by atoms with Crippen LogP contribution in [0.25, 0.3) is 0 Å². The van der Waals surface area contributed by atoms with E-state index in [1.807, 2.05) is 13.8 Å². The van der Waals surface area contributed by atoms with Crippen molar-refractivity contribution in [1.29, 1.82) is 0 Å². The third kappa shape index (κ3) is 8.07. The normalized spacial score (nSPS) is 13.2. The van der Waals surface area contributed by atoms with Gasteiger partial charge in [0, 0.05) is 9.52 Å². The molecule has 0 aromatic carbocycles. The number of halogens is 3. The van der Waals surface area contributed by atoms with E-state index in [0.29, 0.717) is 12.1 Å². The minimum absolute atomic E-state index is 0.139. The van der Waals surface area contributed by atoms with Gasteiger partial charge in [-0.1, -0.05) is 32.7 Å². The van der Waals surface area contributed by atoms with E-state index in [0.717, 1.165) is 24.9 Å². The highest BCUT2D eigenvalue weighted by Crippen LogP contribution is 2.24. The lowest BCUT2D eigenvalue weighted by Crippen LogP contribution is -2.25. The van der Waals surface area contributed by atoms with E-state index in [2.05, 4.69) is 0 Å². The fraction of sp³-hybridized carbons (Fsp3) is 1.00. The lowest BCUT2D eigenvalue weighted by atomic mass is 10.4. The highest BCUT2D eigenvalue weighted by atomic mass is 28.4. The van der Waals surface area contributed by atoms with E-state index in [1.165, 1.54) is 0 Å². The van der Waals surface area contributed by atoms with Crippen LogP contribution >= 0.6 is 0 Å². The molecule has 0 fully saturated rings. The fourth-order valence-corrected chi connectivity index (χ4v) is 5.09. The van der Waals surface area contributed by atoms with Crippen LogP contribution in [0.3, 0.4) is 0 Å². The molecule has 0 saturated carbocycles. The molecule has 0 unspecified atom stereocenters. The van der Waals surface area contributed by atoms with Crippen molar-refractivity contribution in [1.82, 2.24) is 0 Å². The van der Waals surface area contributed by atoms with Gasteiger partial charge in [0.25, 0.3) is 0 Å². The van der Waals surface area contributed by atoms with Crippen molar-refractivity contribution in [3.05, 3.63) is 0 Å². The molecule has 0 heterocycles. The van der Waals surface area contributed by atoms with Gasteiger partial charge in [0.1, 0.15) is 0 Å². The lowest BCUT2D eigenvalue weighted by molar-refractivity contribution is 0.171. The van der Waals surface area contributed by atoms with Gasteiger partial charge in [-0.15, -0.1) is 0 Å². The van der Waals surface area contributed by atoms with Crippen LogP contribution in [0, 0.1) is 0 Å². The van der Waals surface area contributed by atoms with Gasteiger partial charge in [0.2, 0.25) is 14.8 Å². The summed E-state index contributed by atoms with van der Waals surface area (Å²) in [6.45, 7) is 3.86. The first-order chi connectivity index (χ1) is 7.04. The number of hydrogen-bond acceptors (Lipinski definition) is 0. The summed E-state index contributed by atoms with van der Waals surface area (Å²) in [5.74, 6) is 0. The molecule has 0 spiro atoms. The molecule has 0 aliphatic carbocycles. The van der Waals surface area contributed by atoms with Crippen LogP contribution in [-0.2, 0) is 0 Å². The molecule has 0 bridgehead atoms. The number of hydrogen-bond donors (Lipinski definition) is 0. The quantitative estimate of drug-likeness (QED) is 0.332. The van der Waals surface area contributed by atoms with Crippen molar-refractivity contribution in [2.45, 2.75) is 63.3 Å². The minimum Gasteiger partial charge on any atom is -0.314 e. The second kappa shape index (κ2) is 8.38. The summed E-state index contributed by atoms with van der Waals surface area (Å²) in [5.41, 5.74) is 0. The predicted molar refractivity (Wildman–Crippen MR) is 66.0 cm³/mol. The largest absolute Gasteiger partial charge is 0.314 e. The van der Waals surface area contributed by atoms with Crippen LogP contribution in [0.1, 0.15) is 26.7 Å². The highest BCUT2D eigenvalue weighted by molar-refractivity contribution is 6.73. The topological polar surface area (TPSA) is 0 Å². The number of rotatable bonds is 9. The van der Waals surface area contributed by atoms with Gasteiger partial charge in [-0.25, -0.2) is 8.78 Å². The summed E-state index contributed by atoms with van der Waals surface area (Å²) in [6.07, 6.45) is -0.226. The molecule has 5 heteroatoms. The molecule has 0 radical (unpaired) electrons. The Morgan fingerprint density at radius 3 is 2.20 bits per heavy atom. The van der Waals surface area contributed by atoms with Crippen molar-refractivity contribution < 1.29 is 12.9 Å². The summed E-state index contributed by atoms with van der Waals surface area (Å²) >= 11 is 0. The zero-order valence-electron chi connectivity index (χ0n) is 9.87. The van der Waals surface area contributed by atoms with Gasteiger partial charge in [0.15, 0.2) is 0 Å². The molecule has 0 amide bonds. The Balaban J connectivity index is 3.37. The van der Waals surface area contributed by atoms with Crippen molar-refractivity contribution >= 4 is 17.9 Å². The SMILES string of the molecule is CC[Si](F)(CC)CCCC[SiH2]CC(F)F. The Labute approximate surface area is 94.6 Å². The first-order valence-electron chi connectivity index (χ1n) is 6.01. The predicted octanol–water partition coefficient (Wildman–Crippen LogP) is 3.99. The number of unbranched alkanes of at least 4 members (excludes halogenated alkanes) is 1. The molecule has 0 rings (SSSR count). The molecular formula is C10H23F3Si2. The van der Waals surface area contributed by atoms with E-state index in [1.54, 1.807) is 0 Å². The Kier molecular flexibility index (Phi) is 8.51. The molecule has 0 N–H and O–H groups in total. The van der Waals surface area contributed by atoms with E-state index in [-0.39, 0.29) is 6.04 Å². The Morgan fingerprint density at radius 2 is 1.73 bits per heavy atom. The minimum atomic E-state index is -2.41. The maximum Gasteiger partial charge on any atom is 0.246 e. The molecule has 0 nitrogen and oxygen atoms in total. The number of alkyl halides is 2. The smallest absolute Gasteiger partial charge is 0.246 e. The Morgan fingerprint density at radius 1 is 1.13 bits per heavy atom. The van der Waals surface area contributed by atoms with Gasteiger partial charge in [-0.05, 0) is 24.2 Å². The molecule has 0 aliphatic heterocycles. The molecule has 0 aromatic rings. The maximum atomic E-state index is 13.9. The van der Waals surface area contributed by atoms with Crippen LogP contribution in [-0.4, -0.2) is 24.4 Å². The monoisotopic (exact) mass is 256 g/mol. The summed E-state index contributed by atoms with van der Waals surface area (Å²) in [4.78, 5) is 0. The second-order valence-corrected chi connectivity index (χ2v) is 10.4. The molecule has 0 aliphatic rings. The summed E-state index contributed by atoms with van der Waals surface area (Å²) in [7, 11) is -2.98. The van der Waals surface area contributed by atoms with Crippen LogP contribution in [0.2, 0.25) is 30.2 Å². The average Bonchev–Trinajstić information content (AvgIpc) is 2.22. The Bertz CT molecular complexity index is 150. The maximum absolute atomic E-state index is 13.9. The van der Waals surface area contributed by atoms with Crippen LogP contribution < -0.4 is 0 Å². The van der Waals surface area contributed by atoms with Gasteiger partial charge in [-0.2, -0.15) is 0 Å². The third-order valence-corrected chi connectivity index (χ3v) is 8.69. The van der Waals surface area contributed by atoms with E-state index >= 15 is 0 Å². The molecule has 92 valence electrons. The standard InChI is InChI=1S/C10H23F3Si2/c1-3-15(13,4-2)8-6-5-7-14-9-10(11)12/h10H,3-9,14H2,1-2H3. The van der Waals surface area contributed by atoms with Crippen LogP contribution in [0.5, 0.6) is 0 Å². The fourth-order valence-electron chi connectivity index (χ4n) is 1.70. The molecular weight excluding hydrogens is 233 g/mol. The van der Waals surface area contributed by atoms with Crippen LogP contribution in [0.15, 0.2) is 0 Å². The molecule has 15 heavy (non-hydrogen) atoms. The van der Waals surface area contributed by atoms with Gasteiger partial charge >= 0.3 is 0 Å². The summed E-state index contributed by atoms with van der Waals surface area (Å²) in [6, 6.07) is 3.25. The van der Waals surface area contributed by atoms with Crippen molar-refractivity contribution in [2.24, 2.45) is 0 Å².